The summed E-state index contributed by atoms with van der Waals surface area (Å²) in [6.45, 7) is 6.05. The van der Waals surface area contributed by atoms with Crippen LogP contribution < -0.4 is 5.32 Å². The van der Waals surface area contributed by atoms with Crippen molar-refractivity contribution < 1.29 is 14.4 Å². The van der Waals surface area contributed by atoms with Gasteiger partial charge >= 0.3 is 0 Å². The molecule has 3 amide bonds. The molecule has 2 fully saturated rings. The van der Waals surface area contributed by atoms with E-state index in [0.29, 0.717) is 0 Å². The van der Waals surface area contributed by atoms with E-state index in [4.69, 9.17) is 0 Å². The maximum Gasteiger partial charge on any atom is 0.244 e. The van der Waals surface area contributed by atoms with Crippen molar-refractivity contribution in [2.24, 2.45) is 11.8 Å². The standard InChI is InChI=1S/C20H26N2O3/c1-20(2,3)15-10-6-7-11-16(15)21-17(23)12-22-18(24)13-8-4-5-9-14(13)19(22)25/h6-7,10-11,13-14H,4-5,8-9,12H2,1-3H3,(H,21,23). The lowest BCUT2D eigenvalue weighted by molar-refractivity contribution is -0.142. The molecule has 0 spiro atoms. The average molecular weight is 342 g/mol. The number of nitrogens with zero attached hydrogens (tertiary/aromatic N) is 1. The predicted molar refractivity (Wildman–Crippen MR) is 95.9 cm³/mol. The number of likely N-dealkylation sites (tertiary alicyclic amines) is 1. The molecule has 0 radical (unpaired) electrons. The number of imide groups is 1. The number of nitrogens with one attached hydrogen (secondary N) is 1. The normalized spacial score (nSPS) is 23.6. The molecule has 25 heavy (non-hydrogen) atoms. The number of fused-ring (bicyclic) bond motifs is 1. The number of anilines is 1. The SMILES string of the molecule is CC(C)(C)c1ccccc1NC(=O)CN1C(=O)C2CCCCC2C1=O. The number of benzene rings is 1. The van der Waals surface area contributed by atoms with Gasteiger partial charge in [0.25, 0.3) is 0 Å². The van der Waals surface area contributed by atoms with Crippen molar-refractivity contribution in [1.29, 1.82) is 0 Å². The molecule has 1 N–H and O–H groups in total. The fraction of sp³-hybridized carbons (Fsp3) is 0.550. The average Bonchev–Trinajstić information content (AvgIpc) is 2.80. The second kappa shape index (κ2) is 6.62. The molecule has 1 aliphatic carbocycles. The van der Waals surface area contributed by atoms with Crippen LogP contribution in [0.1, 0.15) is 52.0 Å². The molecule has 1 heterocycles. The summed E-state index contributed by atoms with van der Waals surface area (Å²) in [4.78, 5) is 38.6. The molecule has 1 aromatic carbocycles. The molecule has 1 aromatic rings. The van der Waals surface area contributed by atoms with Crippen LogP contribution in [0.25, 0.3) is 0 Å². The van der Waals surface area contributed by atoms with E-state index < -0.39 is 0 Å². The van der Waals surface area contributed by atoms with Crippen molar-refractivity contribution in [2.45, 2.75) is 51.9 Å². The summed E-state index contributed by atoms with van der Waals surface area (Å²) >= 11 is 0. The first-order valence-electron chi connectivity index (χ1n) is 9.03. The minimum Gasteiger partial charge on any atom is -0.324 e. The van der Waals surface area contributed by atoms with Crippen LogP contribution in [0.4, 0.5) is 5.69 Å². The number of carbonyl (C=O) groups is 3. The first-order chi connectivity index (χ1) is 11.8. The highest BCUT2D eigenvalue weighted by Gasteiger charge is 2.48. The van der Waals surface area contributed by atoms with Crippen LogP contribution in [0.2, 0.25) is 0 Å². The van der Waals surface area contributed by atoms with Gasteiger partial charge in [-0.1, -0.05) is 51.8 Å². The molecule has 5 nitrogen and oxygen atoms in total. The Morgan fingerprint density at radius 1 is 1.08 bits per heavy atom. The van der Waals surface area contributed by atoms with Gasteiger partial charge in [-0.3, -0.25) is 19.3 Å². The molecule has 1 aliphatic heterocycles. The van der Waals surface area contributed by atoms with E-state index in [1.165, 1.54) is 0 Å². The molecule has 2 atom stereocenters. The minimum absolute atomic E-state index is 0.113. The molecule has 3 rings (SSSR count). The van der Waals surface area contributed by atoms with Gasteiger partial charge in [0, 0.05) is 5.69 Å². The Morgan fingerprint density at radius 2 is 1.64 bits per heavy atom. The molecule has 1 saturated heterocycles. The van der Waals surface area contributed by atoms with E-state index in [-0.39, 0.29) is 41.5 Å². The van der Waals surface area contributed by atoms with E-state index in [1.54, 1.807) is 0 Å². The molecule has 2 aliphatic rings. The summed E-state index contributed by atoms with van der Waals surface area (Å²) in [5.41, 5.74) is 1.64. The Morgan fingerprint density at radius 3 is 2.20 bits per heavy atom. The van der Waals surface area contributed by atoms with E-state index in [0.717, 1.165) is 41.8 Å². The smallest absolute Gasteiger partial charge is 0.244 e. The van der Waals surface area contributed by atoms with Crippen molar-refractivity contribution in [3.8, 4) is 0 Å². The van der Waals surface area contributed by atoms with Gasteiger partial charge in [-0.05, 0) is 29.9 Å². The molecule has 134 valence electrons. The minimum atomic E-state index is -0.322. The highest BCUT2D eigenvalue weighted by atomic mass is 16.2. The third-order valence-corrected chi connectivity index (χ3v) is 5.24. The second-order valence-corrected chi connectivity index (χ2v) is 8.10. The second-order valence-electron chi connectivity index (χ2n) is 8.10. The van der Waals surface area contributed by atoms with Gasteiger partial charge in [0.05, 0.1) is 11.8 Å². The van der Waals surface area contributed by atoms with Crippen molar-refractivity contribution in [3.05, 3.63) is 29.8 Å². The zero-order valence-corrected chi connectivity index (χ0v) is 15.2. The first kappa shape index (κ1) is 17.6. The summed E-state index contributed by atoms with van der Waals surface area (Å²) in [6, 6.07) is 7.64. The molecule has 1 saturated carbocycles. The zero-order valence-electron chi connectivity index (χ0n) is 15.2. The summed E-state index contributed by atoms with van der Waals surface area (Å²) in [6.07, 6.45) is 3.50. The highest BCUT2D eigenvalue weighted by Crippen LogP contribution is 2.38. The quantitative estimate of drug-likeness (QED) is 0.859. The summed E-state index contributed by atoms with van der Waals surface area (Å²) in [5.74, 6) is -1.09. The molecular formula is C20H26N2O3. The fourth-order valence-corrected chi connectivity index (χ4v) is 3.97. The third-order valence-electron chi connectivity index (χ3n) is 5.24. The van der Waals surface area contributed by atoms with Crippen molar-refractivity contribution in [2.75, 3.05) is 11.9 Å². The zero-order chi connectivity index (χ0) is 18.2. The van der Waals surface area contributed by atoms with Crippen LogP contribution in [0.5, 0.6) is 0 Å². The number of amides is 3. The Hall–Kier alpha value is -2.17. The van der Waals surface area contributed by atoms with Gasteiger partial charge in [-0.25, -0.2) is 0 Å². The maximum atomic E-state index is 12.5. The highest BCUT2D eigenvalue weighted by molar-refractivity contribution is 6.08. The van der Waals surface area contributed by atoms with Crippen LogP contribution in [-0.4, -0.2) is 29.2 Å². The van der Waals surface area contributed by atoms with Crippen LogP contribution in [-0.2, 0) is 19.8 Å². The van der Waals surface area contributed by atoms with Gasteiger partial charge in [-0.15, -0.1) is 0 Å². The number of hydrogen-bond acceptors (Lipinski definition) is 3. The number of para-hydroxylation sites is 1. The Bertz CT molecular complexity index is 681. The van der Waals surface area contributed by atoms with Gasteiger partial charge in [0.15, 0.2) is 0 Å². The molecular weight excluding hydrogens is 316 g/mol. The van der Waals surface area contributed by atoms with E-state index in [2.05, 4.69) is 26.1 Å². The maximum absolute atomic E-state index is 12.5. The van der Waals surface area contributed by atoms with E-state index >= 15 is 0 Å². The van der Waals surface area contributed by atoms with Gasteiger partial charge in [-0.2, -0.15) is 0 Å². The topological polar surface area (TPSA) is 66.5 Å². The molecule has 5 heteroatoms. The number of rotatable bonds is 3. The van der Waals surface area contributed by atoms with Gasteiger partial charge in [0.2, 0.25) is 17.7 Å². The number of hydrogen-bond donors (Lipinski definition) is 1. The van der Waals surface area contributed by atoms with E-state index in [9.17, 15) is 14.4 Å². The lowest BCUT2D eigenvalue weighted by Crippen LogP contribution is -2.38. The lowest BCUT2D eigenvalue weighted by atomic mass is 9.81. The first-order valence-corrected chi connectivity index (χ1v) is 9.03. The Labute approximate surface area is 148 Å². The van der Waals surface area contributed by atoms with Crippen molar-refractivity contribution >= 4 is 23.4 Å². The molecule has 0 bridgehead atoms. The molecule has 0 aromatic heterocycles. The third kappa shape index (κ3) is 3.46. The van der Waals surface area contributed by atoms with Crippen molar-refractivity contribution in [1.82, 2.24) is 4.90 Å². The largest absolute Gasteiger partial charge is 0.324 e. The summed E-state index contributed by atoms with van der Waals surface area (Å²) in [5, 5.41) is 2.88. The van der Waals surface area contributed by atoms with Crippen molar-refractivity contribution in [3.63, 3.8) is 0 Å². The number of carbonyl (C=O) groups excluding carboxylic acids is 3. The van der Waals surface area contributed by atoms with Gasteiger partial charge < -0.3 is 5.32 Å². The predicted octanol–water partition coefficient (Wildman–Crippen LogP) is 3.10. The van der Waals surface area contributed by atoms with Crippen LogP contribution in [0.3, 0.4) is 0 Å². The van der Waals surface area contributed by atoms with E-state index in [1.807, 2.05) is 24.3 Å². The monoisotopic (exact) mass is 342 g/mol. The Kier molecular flexibility index (Phi) is 4.67. The Balaban J connectivity index is 1.72. The fourth-order valence-electron chi connectivity index (χ4n) is 3.97. The van der Waals surface area contributed by atoms with Crippen LogP contribution in [0, 0.1) is 11.8 Å². The summed E-state index contributed by atoms with van der Waals surface area (Å²) < 4.78 is 0. The van der Waals surface area contributed by atoms with Gasteiger partial charge in [0.1, 0.15) is 6.54 Å². The lowest BCUT2D eigenvalue weighted by Gasteiger charge is -2.23. The van der Waals surface area contributed by atoms with Crippen LogP contribution in [0.15, 0.2) is 24.3 Å². The summed E-state index contributed by atoms with van der Waals surface area (Å²) in [7, 11) is 0. The van der Waals surface area contributed by atoms with Crippen LogP contribution >= 0.6 is 0 Å². The molecule has 2 unspecified atom stereocenters.